The van der Waals surface area contributed by atoms with Gasteiger partial charge in [-0.15, -0.1) is 0 Å². The zero-order valence-corrected chi connectivity index (χ0v) is 22.0. The zero-order valence-electron chi connectivity index (χ0n) is 20.4. The Balaban J connectivity index is 1.49. The van der Waals surface area contributed by atoms with E-state index in [9.17, 15) is 9.59 Å². The third-order valence-corrected chi connectivity index (χ3v) is 7.23. The minimum absolute atomic E-state index is 0.215. The minimum Gasteiger partial charge on any atom is -0.489 e. The van der Waals surface area contributed by atoms with Crippen LogP contribution in [0.3, 0.4) is 0 Å². The average Bonchev–Trinajstić information content (AvgIpc) is 3.45. The lowest BCUT2D eigenvalue weighted by Gasteiger charge is -2.10. The molecule has 1 fully saturated rings. The molecule has 0 aliphatic carbocycles. The highest BCUT2D eigenvalue weighted by Gasteiger charge is 2.33. The molecule has 0 spiro atoms. The van der Waals surface area contributed by atoms with Crippen LogP contribution in [0.5, 0.6) is 5.75 Å². The molecule has 1 aromatic heterocycles. The number of aryl methyl sites for hydroxylation is 1. The molecule has 4 aromatic rings. The van der Waals surface area contributed by atoms with Crippen LogP contribution in [0.2, 0.25) is 0 Å². The van der Waals surface area contributed by atoms with Gasteiger partial charge in [-0.25, -0.2) is 4.68 Å². The number of para-hydroxylation sites is 1. The van der Waals surface area contributed by atoms with Crippen molar-refractivity contribution in [3.05, 3.63) is 107 Å². The summed E-state index contributed by atoms with van der Waals surface area (Å²) in [6.07, 6.45) is 3.55. The average molecular weight is 542 g/mol. The fourth-order valence-corrected chi connectivity index (χ4v) is 5.17. The Morgan fingerprint density at radius 1 is 1.08 bits per heavy atom. The number of carboxylic acid groups (broad SMARTS) is 1. The van der Waals surface area contributed by atoms with Crippen LogP contribution in [-0.4, -0.2) is 42.5 Å². The molecule has 0 saturated carbocycles. The van der Waals surface area contributed by atoms with E-state index >= 15 is 0 Å². The van der Waals surface area contributed by atoms with Crippen molar-refractivity contribution in [3.63, 3.8) is 0 Å². The van der Waals surface area contributed by atoms with E-state index in [-0.39, 0.29) is 4.32 Å². The van der Waals surface area contributed by atoms with Crippen molar-refractivity contribution in [3.8, 4) is 22.7 Å². The third kappa shape index (κ3) is 5.69. The number of benzene rings is 3. The van der Waals surface area contributed by atoms with E-state index in [4.69, 9.17) is 27.2 Å². The van der Waals surface area contributed by atoms with Gasteiger partial charge >= 0.3 is 5.97 Å². The standard InChI is InChI=1S/C29H23N3O4S2/c1-19-10-12-20(13-11-19)18-36-24-9-5-6-21(14-24)27-22(16-32(30-27)23-7-3-2-4-8-23)15-25-28(35)31(17-26(33)34)29(37)38-25/h2-16H,17-18H2,1H3,(H,33,34)/b25-15-. The lowest BCUT2D eigenvalue weighted by molar-refractivity contribution is -0.140. The van der Waals surface area contributed by atoms with Gasteiger partial charge in [0.2, 0.25) is 0 Å². The third-order valence-electron chi connectivity index (χ3n) is 5.85. The number of thioether (sulfide) groups is 1. The smallest absolute Gasteiger partial charge is 0.323 e. The number of hydrogen-bond donors (Lipinski definition) is 1. The molecule has 1 saturated heterocycles. The molecule has 1 aliphatic heterocycles. The lowest BCUT2D eigenvalue weighted by atomic mass is 10.1. The van der Waals surface area contributed by atoms with Crippen LogP contribution in [-0.2, 0) is 16.2 Å². The number of nitrogens with zero attached hydrogens (tertiary/aromatic N) is 3. The number of aliphatic carboxylic acids is 1. The molecule has 0 radical (unpaired) electrons. The molecular weight excluding hydrogens is 518 g/mol. The van der Waals surface area contributed by atoms with E-state index in [1.807, 2.05) is 79.9 Å². The summed E-state index contributed by atoms with van der Waals surface area (Å²) in [5.74, 6) is -0.866. The number of rotatable bonds is 8. The van der Waals surface area contributed by atoms with Gasteiger partial charge in [0, 0.05) is 17.3 Å². The Hall–Kier alpha value is -4.21. The minimum atomic E-state index is -1.12. The van der Waals surface area contributed by atoms with Crippen LogP contribution < -0.4 is 4.74 Å². The van der Waals surface area contributed by atoms with Gasteiger partial charge in [-0.2, -0.15) is 5.10 Å². The fourth-order valence-electron chi connectivity index (χ4n) is 3.93. The zero-order chi connectivity index (χ0) is 26.6. The number of hydrogen-bond acceptors (Lipinski definition) is 6. The number of carboxylic acids is 1. The van der Waals surface area contributed by atoms with Crippen molar-refractivity contribution in [2.45, 2.75) is 13.5 Å². The quantitative estimate of drug-likeness (QED) is 0.226. The maximum Gasteiger partial charge on any atom is 0.323 e. The molecule has 1 amide bonds. The number of amides is 1. The molecule has 2 heterocycles. The predicted octanol–water partition coefficient (Wildman–Crippen LogP) is 5.71. The Morgan fingerprint density at radius 2 is 1.84 bits per heavy atom. The molecule has 1 N–H and O–H groups in total. The fraction of sp³-hybridized carbons (Fsp3) is 0.103. The molecule has 1 aliphatic rings. The van der Waals surface area contributed by atoms with Crippen LogP contribution in [0.1, 0.15) is 16.7 Å². The second-order valence-corrected chi connectivity index (χ2v) is 10.4. The first-order chi connectivity index (χ1) is 18.4. The molecule has 5 rings (SSSR count). The summed E-state index contributed by atoms with van der Waals surface area (Å²) in [4.78, 5) is 25.5. The monoisotopic (exact) mass is 541 g/mol. The number of thiocarbonyl (C=S) groups is 1. The van der Waals surface area contributed by atoms with E-state index in [2.05, 4.69) is 12.1 Å². The summed E-state index contributed by atoms with van der Waals surface area (Å²) >= 11 is 6.34. The summed E-state index contributed by atoms with van der Waals surface area (Å²) in [5.41, 5.74) is 5.28. The number of carbonyl (C=O) groups is 2. The number of carbonyl (C=O) groups excluding carboxylic acids is 1. The summed E-state index contributed by atoms with van der Waals surface area (Å²) in [6.45, 7) is 2.00. The summed E-state index contributed by atoms with van der Waals surface area (Å²) in [5, 5.41) is 14.0. The van der Waals surface area contributed by atoms with Gasteiger partial charge in [0.15, 0.2) is 0 Å². The molecule has 0 atom stereocenters. The van der Waals surface area contributed by atoms with Crippen molar-refractivity contribution in [1.29, 1.82) is 0 Å². The van der Waals surface area contributed by atoms with Crippen molar-refractivity contribution < 1.29 is 19.4 Å². The van der Waals surface area contributed by atoms with Gasteiger partial charge in [-0.1, -0.05) is 84.1 Å². The van der Waals surface area contributed by atoms with Crippen LogP contribution >= 0.6 is 24.0 Å². The van der Waals surface area contributed by atoms with E-state index in [0.29, 0.717) is 28.5 Å². The summed E-state index contributed by atoms with van der Waals surface area (Å²) in [6, 6.07) is 25.5. The highest BCUT2D eigenvalue weighted by Crippen LogP contribution is 2.35. The summed E-state index contributed by atoms with van der Waals surface area (Å²) < 4.78 is 8.02. The van der Waals surface area contributed by atoms with Crippen molar-refractivity contribution in [2.75, 3.05) is 6.54 Å². The van der Waals surface area contributed by atoms with Crippen LogP contribution in [0.15, 0.2) is 90.0 Å². The molecule has 190 valence electrons. The van der Waals surface area contributed by atoms with Gasteiger partial charge in [-0.3, -0.25) is 14.5 Å². The van der Waals surface area contributed by atoms with Crippen molar-refractivity contribution >= 4 is 46.3 Å². The van der Waals surface area contributed by atoms with E-state index in [1.54, 1.807) is 10.8 Å². The van der Waals surface area contributed by atoms with Crippen LogP contribution in [0.25, 0.3) is 23.0 Å². The van der Waals surface area contributed by atoms with Crippen LogP contribution in [0.4, 0.5) is 0 Å². The second-order valence-electron chi connectivity index (χ2n) is 8.68. The Morgan fingerprint density at radius 3 is 2.58 bits per heavy atom. The first kappa shape index (κ1) is 25.4. The van der Waals surface area contributed by atoms with Crippen molar-refractivity contribution in [2.24, 2.45) is 0 Å². The Kier molecular flexibility index (Phi) is 7.39. The highest BCUT2D eigenvalue weighted by atomic mass is 32.2. The predicted molar refractivity (Wildman–Crippen MR) is 152 cm³/mol. The van der Waals surface area contributed by atoms with Gasteiger partial charge in [0.25, 0.3) is 5.91 Å². The first-order valence-corrected chi connectivity index (χ1v) is 13.0. The first-order valence-electron chi connectivity index (χ1n) is 11.8. The molecule has 0 bridgehead atoms. The molecule has 9 heteroatoms. The van der Waals surface area contributed by atoms with Gasteiger partial charge < -0.3 is 9.84 Å². The number of ether oxygens (including phenoxy) is 1. The van der Waals surface area contributed by atoms with Gasteiger partial charge in [0.05, 0.1) is 10.6 Å². The van der Waals surface area contributed by atoms with Crippen molar-refractivity contribution in [1.82, 2.24) is 14.7 Å². The largest absolute Gasteiger partial charge is 0.489 e. The maximum absolute atomic E-state index is 12.9. The summed E-state index contributed by atoms with van der Waals surface area (Å²) in [7, 11) is 0. The lowest BCUT2D eigenvalue weighted by Crippen LogP contribution is -2.33. The van der Waals surface area contributed by atoms with E-state index < -0.39 is 18.4 Å². The molecule has 0 unspecified atom stereocenters. The maximum atomic E-state index is 12.9. The van der Waals surface area contributed by atoms with Gasteiger partial charge in [-0.05, 0) is 42.8 Å². The number of aromatic nitrogens is 2. The molecular formula is C29H23N3O4S2. The van der Waals surface area contributed by atoms with Gasteiger partial charge in [0.1, 0.15) is 28.9 Å². The second kappa shape index (κ2) is 11.0. The van der Waals surface area contributed by atoms with Crippen LogP contribution in [0, 0.1) is 6.92 Å². The SMILES string of the molecule is Cc1ccc(COc2cccc(-c3nn(-c4ccccc4)cc3/C=C3\SC(=S)N(CC(=O)O)C3=O)c2)cc1. The van der Waals surface area contributed by atoms with E-state index in [0.717, 1.165) is 33.5 Å². The normalized spacial score (nSPS) is 14.3. The van der Waals surface area contributed by atoms with E-state index in [1.165, 1.54) is 5.56 Å². The highest BCUT2D eigenvalue weighted by molar-refractivity contribution is 8.26. The molecule has 7 nitrogen and oxygen atoms in total. The Bertz CT molecular complexity index is 1550. The topological polar surface area (TPSA) is 84.7 Å². The molecule has 3 aromatic carbocycles. The Labute approximate surface area is 229 Å². The molecule has 38 heavy (non-hydrogen) atoms.